The fraction of sp³-hybridized carbons (Fsp3) is 0.176. The van der Waals surface area contributed by atoms with Crippen molar-refractivity contribution in [3.63, 3.8) is 0 Å². The summed E-state index contributed by atoms with van der Waals surface area (Å²) in [5, 5.41) is -0.00869. The number of carbonyl (C=O) groups excluding carboxylic acids is 2. The van der Waals surface area contributed by atoms with Crippen LogP contribution in [0, 0.1) is 0 Å². The van der Waals surface area contributed by atoms with Crippen molar-refractivity contribution in [2.45, 2.75) is 4.90 Å². The third kappa shape index (κ3) is 4.45. The third-order valence-electron chi connectivity index (χ3n) is 3.36. The van der Waals surface area contributed by atoms with Crippen LogP contribution in [-0.4, -0.2) is 45.2 Å². The molecule has 132 valence electrons. The molecule has 0 fully saturated rings. The molecule has 0 aromatic heterocycles. The topological polar surface area (TPSA) is 80.8 Å². The molecule has 0 N–H and O–H groups in total. The summed E-state index contributed by atoms with van der Waals surface area (Å²) in [4.78, 5) is 23.9. The molecular formula is C17H16ClNO5S. The molecular weight excluding hydrogens is 366 g/mol. The van der Waals surface area contributed by atoms with Crippen molar-refractivity contribution in [2.75, 3.05) is 20.7 Å². The molecule has 2 aromatic carbocycles. The zero-order chi connectivity index (χ0) is 18.6. The Balaban J connectivity index is 2.16. The lowest BCUT2D eigenvalue weighted by atomic mass is 10.1. The van der Waals surface area contributed by atoms with Crippen molar-refractivity contribution in [3.05, 3.63) is 64.7 Å². The number of benzene rings is 2. The SMILES string of the molecule is CN(C)S(=O)(=O)c1cc(C(=O)OCC(=O)c2ccccc2)ccc1Cl. The first kappa shape index (κ1) is 19.1. The molecule has 8 heteroatoms. The van der Waals surface area contributed by atoms with E-state index in [1.807, 2.05) is 0 Å². The number of esters is 1. The second-order valence-electron chi connectivity index (χ2n) is 5.30. The molecule has 2 rings (SSSR count). The number of hydrogen-bond acceptors (Lipinski definition) is 5. The second kappa shape index (κ2) is 7.77. The van der Waals surface area contributed by atoms with Crippen LogP contribution in [0.25, 0.3) is 0 Å². The van der Waals surface area contributed by atoms with Crippen molar-refractivity contribution >= 4 is 33.4 Å². The zero-order valence-corrected chi connectivity index (χ0v) is 15.2. The Kier molecular flexibility index (Phi) is 5.94. The van der Waals surface area contributed by atoms with Gasteiger partial charge in [-0.2, -0.15) is 0 Å². The van der Waals surface area contributed by atoms with E-state index >= 15 is 0 Å². The fourth-order valence-corrected chi connectivity index (χ4v) is 3.34. The van der Waals surface area contributed by atoms with E-state index in [-0.39, 0.29) is 21.3 Å². The lowest BCUT2D eigenvalue weighted by Gasteiger charge is -2.13. The average molecular weight is 382 g/mol. The summed E-state index contributed by atoms with van der Waals surface area (Å²) in [6.45, 7) is -0.443. The lowest BCUT2D eigenvalue weighted by Crippen LogP contribution is -2.23. The van der Waals surface area contributed by atoms with Gasteiger partial charge in [0.25, 0.3) is 0 Å². The first-order valence-electron chi connectivity index (χ1n) is 7.21. The van der Waals surface area contributed by atoms with Gasteiger partial charge in [0.1, 0.15) is 4.90 Å². The average Bonchev–Trinajstić information content (AvgIpc) is 2.60. The van der Waals surface area contributed by atoms with Crippen LogP contribution in [0.15, 0.2) is 53.4 Å². The number of ether oxygens (including phenoxy) is 1. The monoisotopic (exact) mass is 381 g/mol. The van der Waals surface area contributed by atoms with E-state index in [9.17, 15) is 18.0 Å². The molecule has 0 aliphatic heterocycles. The second-order valence-corrected chi connectivity index (χ2v) is 7.83. The van der Waals surface area contributed by atoms with E-state index in [1.165, 1.54) is 26.2 Å². The number of carbonyl (C=O) groups is 2. The summed E-state index contributed by atoms with van der Waals surface area (Å²) in [5.74, 6) is -1.17. The fourth-order valence-electron chi connectivity index (χ4n) is 1.95. The van der Waals surface area contributed by atoms with E-state index in [0.29, 0.717) is 5.56 Å². The Morgan fingerprint density at radius 3 is 2.28 bits per heavy atom. The molecule has 0 atom stereocenters. The zero-order valence-electron chi connectivity index (χ0n) is 13.6. The van der Waals surface area contributed by atoms with Crippen LogP contribution in [0.2, 0.25) is 5.02 Å². The molecule has 0 saturated carbocycles. The molecule has 2 aromatic rings. The number of ketones is 1. The third-order valence-corrected chi connectivity index (χ3v) is 5.65. The van der Waals surface area contributed by atoms with Gasteiger partial charge in [-0.15, -0.1) is 0 Å². The van der Waals surface area contributed by atoms with Gasteiger partial charge in [0.15, 0.2) is 12.4 Å². The molecule has 0 heterocycles. The lowest BCUT2D eigenvalue weighted by molar-refractivity contribution is 0.0474. The van der Waals surface area contributed by atoms with Gasteiger partial charge in [-0.1, -0.05) is 41.9 Å². The van der Waals surface area contributed by atoms with Crippen LogP contribution in [0.3, 0.4) is 0 Å². The van der Waals surface area contributed by atoms with Crippen molar-refractivity contribution in [1.29, 1.82) is 0 Å². The molecule has 0 unspecified atom stereocenters. The Morgan fingerprint density at radius 1 is 1.04 bits per heavy atom. The normalized spacial score (nSPS) is 11.4. The first-order chi connectivity index (χ1) is 11.7. The maximum Gasteiger partial charge on any atom is 0.338 e. The van der Waals surface area contributed by atoms with Crippen molar-refractivity contribution in [3.8, 4) is 0 Å². The van der Waals surface area contributed by atoms with Gasteiger partial charge >= 0.3 is 5.97 Å². The number of rotatable bonds is 6. The molecule has 0 saturated heterocycles. The van der Waals surface area contributed by atoms with E-state index in [2.05, 4.69) is 0 Å². The van der Waals surface area contributed by atoms with Gasteiger partial charge in [0.2, 0.25) is 10.0 Å². The molecule has 0 amide bonds. The van der Waals surface area contributed by atoms with Crippen LogP contribution >= 0.6 is 11.6 Å². The Labute approximate surface area is 151 Å². The van der Waals surface area contributed by atoms with Gasteiger partial charge in [-0.25, -0.2) is 17.5 Å². The minimum absolute atomic E-state index is 0.00862. The highest BCUT2D eigenvalue weighted by Crippen LogP contribution is 2.25. The van der Waals surface area contributed by atoms with Crippen LogP contribution in [0.4, 0.5) is 0 Å². The van der Waals surface area contributed by atoms with E-state index in [0.717, 1.165) is 10.4 Å². The molecule has 0 spiro atoms. The summed E-state index contributed by atoms with van der Waals surface area (Å²) < 4.78 is 30.4. The van der Waals surface area contributed by atoms with Crippen molar-refractivity contribution in [2.24, 2.45) is 0 Å². The maximum absolute atomic E-state index is 12.2. The van der Waals surface area contributed by atoms with E-state index < -0.39 is 22.6 Å². The van der Waals surface area contributed by atoms with Gasteiger partial charge in [-0.3, -0.25) is 4.79 Å². The summed E-state index contributed by atoms with van der Waals surface area (Å²) in [7, 11) is -1.10. The quantitative estimate of drug-likeness (QED) is 0.567. The summed E-state index contributed by atoms with van der Waals surface area (Å²) >= 11 is 5.92. The van der Waals surface area contributed by atoms with Crippen molar-refractivity contribution in [1.82, 2.24) is 4.31 Å². The Bertz CT molecular complexity index is 895. The minimum Gasteiger partial charge on any atom is -0.454 e. The summed E-state index contributed by atoms with van der Waals surface area (Å²) in [6.07, 6.45) is 0. The van der Waals surface area contributed by atoms with Crippen LogP contribution in [-0.2, 0) is 14.8 Å². The standard InChI is InChI=1S/C17H16ClNO5S/c1-19(2)25(22,23)16-10-13(8-9-14(16)18)17(21)24-11-15(20)12-6-4-3-5-7-12/h3-10H,11H2,1-2H3. The maximum atomic E-state index is 12.2. The molecule has 0 bridgehead atoms. The largest absolute Gasteiger partial charge is 0.454 e. The molecule has 0 aliphatic rings. The van der Waals surface area contributed by atoms with Crippen LogP contribution < -0.4 is 0 Å². The Hall–Kier alpha value is -2.22. The number of hydrogen-bond donors (Lipinski definition) is 0. The number of halogens is 1. The summed E-state index contributed by atoms with van der Waals surface area (Å²) in [5.41, 5.74) is 0.410. The molecule has 0 aliphatic carbocycles. The molecule has 25 heavy (non-hydrogen) atoms. The van der Waals surface area contributed by atoms with Crippen LogP contribution in [0.5, 0.6) is 0 Å². The number of sulfonamides is 1. The first-order valence-corrected chi connectivity index (χ1v) is 9.02. The molecule has 6 nitrogen and oxygen atoms in total. The van der Waals surface area contributed by atoms with E-state index in [4.69, 9.17) is 16.3 Å². The Morgan fingerprint density at radius 2 is 1.68 bits per heavy atom. The highest BCUT2D eigenvalue weighted by atomic mass is 35.5. The van der Waals surface area contributed by atoms with Gasteiger partial charge < -0.3 is 4.74 Å². The highest BCUT2D eigenvalue weighted by molar-refractivity contribution is 7.89. The molecule has 0 radical (unpaired) electrons. The van der Waals surface area contributed by atoms with Crippen molar-refractivity contribution < 1.29 is 22.7 Å². The predicted molar refractivity (Wildman–Crippen MR) is 93.4 cm³/mol. The predicted octanol–water partition coefficient (Wildman–Crippen LogP) is 2.63. The van der Waals surface area contributed by atoms with Gasteiger partial charge in [-0.05, 0) is 18.2 Å². The van der Waals surface area contributed by atoms with Crippen LogP contribution in [0.1, 0.15) is 20.7 Å². The number of nitrogens with zero attached hydrogens (tertiary/aromatic N) is 1. The smallest absolute Gasteiger partial charge is 0.338 e. The summed E-state index contributed by atoms with van der Waals surface area (Å²) in [6, 6.07) is 12.2. The van der Waals surface area contributed by atoms with E-state index in [1.54, 1.807) is 30.3 Å². The number of Topliss-reactive ketones (excluding diaryl/α,β-unsaturated/α-hetero) is 1. The minimum atomic E-state index is -3.81. The van der Waals surface area contributed by atoms with Gasteiger partial charge in [0.05, 0.1) is 10.6 Å². The highest BCUT2D eigenvalue weighted by Gasteiger charge is 2.23. The van der Waals surface area contributed by atoms with Gasteiger partial charge in [0, 0.05) is 19.7 Å².